The van der Waals surface area contributed by atoms with Crippen LogP contribution in [0, 0.1) is 0 Å². The van der Waals surface area contributed by atoms with E-state index in [9.17, 15) is 4.79 Å². The summed E-state index contributed by atoms with van der Waals surface area (Å²) in [5.41, 5.74) is 3.58. The fourth-order valence-electron chi connectivity index (χ4n) is 1.93. The van der Waals surface area contributed by atoms with Gasteiger partial charge in [0.2, 0.25) is 6.08 Å². The molecule has 0 saturated carbocycles. The Kier molecular flexibility index (Phi) is 2.67. The molecule has 0 spiro atoms. The Balaban J connectivity index is 2.36. The highest BCUT2D eigenvalue weighted by atomic mass is 35.5. The van der Waals surface area contributed by atoms with Gasteiger partial charge in [0.25, 0.3) is 0 Å². The largest absolute Gasteiger partial charge is 0.235 e. The third-order valence-corrected chi connectivity index (χ3v) is 2.88. The molecular formula is C11H10ClNO. The lowest BCUT2D eigenvalue weighted by Gasteiger charge is -2.04. The van der Waals surface area contributed by atoms with E-state index in [1.807, 2.05) is 6.07 Å². The summed E-state index contributed by atoms with van der Waals surface area (Å²) in [6, 6.07) is 3.99. The van der Waals surface area contributed by atoms with Gasteiger partial charge in [0.05, 0.1) is 6.54 Å². The quantitative estimate of drug-likeness (QED) is 0.542. The summed E-state index contributed by atoms with van der Waals surface area (Å²) in [5, 5.41) is 0.816. The average Bonchev–Trinajstić information content (AvgIpc) is 2.63. The van der Waals surface area contributed by atoms with Crippen molar-refractivity contribution >= 4 is 17.7 Å². The first-order chi connectivity index (χ1) is 6.81. The molecule has 0 bridgehead atoms. The van der Waals surface area contributed by atoms with Crippen LogP contribution in [-0.2, 0) is 24.2 Å². The molecule has 0 saturated heterocycles. The molecule has 0 amide bonds. The smallest absolute Gasteiger partial charge is 0.211 e. The normalized spacial score (nSPS) is 13.5. The number of aryl methyl sites for hydroxylation is 1. The number of aliphatic imine (C=N–C) groups is 1. The van der Waals surface area contributed by atoms with Crippen molar-refractivity contribution in [3.63, 3.8) is 0 Å². The zero-order valence-corrected chi connectivity index (χ0v) is 8.47. The van der Waals surface area contributed by atoms with E-state index in [0.717, 1.165) is 23.4 Å². The van der Waals surface area contributed by atoms with E-state index in [4.69, 9.17) is 11.6 Å². The highest BCUT2D eigenvalue weighted by Crippen LogP contribution is 2.30. The molecule has 0 radical (unpaired) electrons. The van der Waals surface area contributed by atoms with E-state index in [0.29, 0.717) is 6.54 Å². The number of rotatable bonds is 2. The number of nitrogens with zero attached hydrogens (tertiary/aromatic N) is 1. The molecule has 0 fully saturated rings. The minimum atomic E-state index is 0.385. The highest BCUT2D eigenvalue weighted by Gasteiger charge is 2.14. The van der Waals surface area contributed by atoms with Crippen molar-refractivity contribution in [3.05, 3.63) is 33.8 Å². The van der Waals surface area contributed by atoms with Gasteiger partial charge in [-0.1, -0.05) is 17.7 Å². The second-order valence-electron chi connectivity index (χ2n) is 3.48. The maximum atomic E-state index is 9.97. The molecule has 0 atom stereocenters. The van der Waals surface area contributed by atoms with Gasteiger partial charge >= 0.3 is 0 Å². The molecule has 72 valence electrons. The summed E-state index contributed by atoms with van der Waals surface area (Å²) in [4.78, 5) is 13.5. The molecule has 1 aromatic carbocycles. The lowest BCUT2D eigenvalue weighted by molar-refractivity contribution is 0.563. The second kappa shape index (κ2) is 3.95. The molecule has 0 unspecified atom stereocenters. The zero-order valence-electron chi connectivity index (χ0n) is 7.72. The van der Waals surface area contributed by atoms with Gasteiger partial charge in [-0.3, -0.25) is 0 Å². The van der Waals surface area contributed by atoms with Crippen LogP contribution in [0.3, 0.4) is 0 Å². The number of hydrogen-bond donors (Lipinski definition) is 0. The highest BCUT2D eigenvalue weighted by molar-refractivity contribution is 6.31. The Labute approximate surface area is 87.6 Å². The Bertz CT molecular complexity index is 408. The minimum Gasteiger partial charge on any atom is -0.211 e. The van der Waals surface area contributed by atoms with Gasteiger partial charge in [-0.2, -0.15) is 0 Å². The Morgan fingerprint density at radius 1 is 1.43 bits per heavy atom. The molecule has 0 aliphatic heterocycles. The fourth-order valence-corrected chi connectivity index (χ4v) is 2.29. The maximum Gasteiger partial charge on any atom is 0.235 e. The van der Waals surface area contributed by atoms with Crippen molar-refractivity contribution in [1.82, 2.24) is 0 Å². The van der Waals surface area contributed by atoms with Crippen LogP contribution in [-0.4, -0.2) is 6.08 Å². The predicted molar refractivity (Wildman–Crippen MR) is 55.3 cm³/mol. The van der Waals surface area contributed by atoms with Crippen LogP contribution in [0.4, 0.5) is 0 Å². The number of halogens is 1. The van der Waals surface area contributed by atoms with Crippen LogP contribution in [0.2, 0.25) is 5.02 Å². The van der Waals surface area contributed by atoms with Crippen molar-refractivity contribution in [2.45, 2.75) is 25.8 Å². The lowest BCUT2D eigenvalue weighted by atomic mass is 10.1. The van der Waals surface area contributed by atoms with E-state index < -0.39 is 0 Å². The lowest BCUT2D eigenvalue weighted by Crippen LogP contribution is -1.89. The Hall–Kier alpha value is -1.11. The first kappa shape index (κ1) is 9.45. The molecule has 14 heavy (non-hydrogen) atoms. The number of isocyanates is 1. The summed E-state index contributed by atoms with van der Waals surface area (Å²) >= 11 is 6.11. The summed E-state index contributed by atoms with van der Waals surface area (Å²) in [7, 11) is 0. The van der Waals surface area contributed by atoms with Crippen molar-refractivity contribution in [1.29, 1.82) is 0 Å². The molecule has 1 aliphatic rings. The van der Waals surface area contributed by atoms with Crippen LogP contribution in [0.25, 0.3) is 0 Å². The molecule has 1 aromatic rings. The monoisotopic (exact) mass is 207 g/mol. The number of fused-ring (bicyclic) bond motifs is 1. The van der Waals surface area contributed by atoms with Crippen molar-refractivity contribution < 1.29 is 4.79 Å². The predicted octanol–water partition coefficient (Wildman–Crippen LogP) is 2.66. The summed E-state index contributed by atoms with van der Waals surface area (Å²) < 4.78 is 0. The van der Waals surface area contributed by atoms with Gasteiger partial charge in [0.1, 0.15) is 0 Å². The molecular weight excluding hydrogens is 198 g/mol. The standard InChI is InChI=1S/C11H10ClNO/c12-11-5-8(6-13-7-14)4-9-2-1-3-10(9)11/h4-5H,1-3,6H2. The fraction of sp³-hybridized carbons (Fsp3) is 0.364. The van der Waals surface area contributed by atoms with E-state index in [-0.39, 0.29) is 0 Å². The van der Waals surface area contributed by atoms with Crippen molar-refractivity contribution in [2.24, 2.45) is 4.99 Å². The van der Waals surface area contributed by atoms with Gasteiger partial charge in [-0.25, -0.2) is 9.79 Å². The first-order valence-corrected chi connectivity index (χ1v) is 5.03. The molecule has 3 heteroatoms. The molecule has 0 heterocycles. The van der Waals surface area contributed by atoms with Gasteiger partial charge in [0.15, 0.2) is 0 Å². The van der Waals surface area contributed by atoms with E-state index in [2.05, 4.69) is 11.1 Å². The van der Waals surface area contributed by atoms with Gasteiger partial charge in [-0.05, 0) is 42.0 Å². The van der Waals surface area contributed by atoms with Crippen molar-refractivity contribution in [3.8, 4) is 0 Å². The topological polar surface area (TPSA) is 29.4 Å². The zero-order chi connectivity index (χ0) is 9.97. The average molecular weight is 208 g/mol. The molecule has 2 nitrogen and oxygen atoms in total. The Morgan fingerprint density at radius 3 is 3.07 bits per heavy atom. The van der Waals surface area contributed by atoms with Crippen LogP contribution in [0.1, 0.15) is 23.1 Å². The van der Waals surface area contributed by atoms with E-state index >= 15 is 0 Å². The van der Waals surface area contributed by atoms with Gasteiger partial charge in [0, 0.05) is 5.02 Å². The van der Waals surface area contributed by atoms with Crippen LogP contribution in [0.5, 0.6) is 0 Å². The van der Waals surface area contributed by atoms with Crippen molar-refractivity contribution in [2.75, 3.05) is 0 Å². The third-order valence-electron chi connectivity index (χ3n) is 2.55. The number of hydrogen-bond acceptors (Lipinski definition) is 2. The Morgan fingerprint density at radius 2 is 2.29 bits per heavy atom. The van der Waals surface area contributed by atoms with Crippen LogP contribution < -0.4 is 0 Å². The second-order valence-corrected chi connectivity index (χ2v) is 3.88. The van der Waals surface area contributed by atoms with Gasteiger partial charge < -0.3 is 0 Å². The van der Waals surface area contributed by atoms with E-state index in [1.165, 1.54) is 23.6 Å². The van der Waals surface area contributed by atoms with Gasteiger partial charge in [-0.15, -0.1) is 0 Å². The molecule has 1 aliphatic carbocycles. The number of benzene rings is 1. The summed E-state index contributed by atoms with van der Waals surface area (Å²) in [5.74, 6) is 0. The molecule has 0 aromatic heterocycles. The first-order valence-electron chi connectivity index (χ1n) is 4.65. The summed E-state index contributed by atoms with van der Waals surface area (Å²) in [6.45, 7) is 0.385. The number of carbonyl (C=O) groups excluding carboxylic acids is 1. The van der Waals surface area contributed by atoms with Crippen LogP contribution in [0.15, 0.2) is 17.1 Å². The maximum absolute atomic E-state index is 9.97. The molecule has 0 N–H and O–H groups in total. The van der Waals surface area contributed by atoms with E-state index in [1.54, 1.807) is 0 Å². The van der Waals surface area contributed by atoms with Crippen LogP contribution >= 0.6 is 11.6 Å². The molecule has 2 rings (SSSR count). The minimum absolute atomic E-state index is 0.385. The third kappa shape index (κ3) is 1.72. The summed E-state index contributed by atoms with van der Waals surface area (Å²) in [6.07, 6.45) is 4.88. The SMILES string of the molecule is O=C=NCc1cc(Cl)c2c(c1)CCC2.